The highest BCUT2D eigenvalue weighted by atomic mass is 16.5. The van der Waals surface area contributed by atoms with E-state index in [-0.39, 0.29) is 0 Å². The first-order valence-corrected chi connectivity index (χ1v) is 8.95. The monoisotopic (exact) mass is 359 g/mol. The van der Waals surface area contributed by atoms with Crippen molar-refractivity contribution in [1.29, 1.82) is 0 Å². The van der Waals surface area contributed by atoms with Crippen molar-refractivity contribution in [2.45, 2.75) is 20.0 Å². The minimum atomic E-state index is 0.475. The fourth-order valence-corrected chi connectivity index (χ4v) is 3.05. The van der Waals surface area contributed by atoms with Gasteiger partial charge in [0.1, 0.15) is 24.3 Å². The van der Waals surface area contributed by atoms with Gasteiger partial charge in [-0.2, -0.15) is 0 Å². The van der Waals surface area contributed by atoms with Gasteiger partial charge in [-0.05, 0) is 53.4 Å². The van der Waals surface area contributed by atoms with Crippen LogP contribution in [-0.4, -0.2) is 22.1 Å². The number of ether oxygens (including phenoxy) is 2. The standard InChI is InChI=1S/C22H21N3O2/c1-3-15-5-4-6-16(11-15)13-27-22-19-12-20(25-21(19)23-14-24-22)17-7-9-18(26-2)10-8-17/h4-12,14H,3,13H2,1-2H3,(H,23,24,25). The number of aryl methyl sites for hydroxylation is 1. The van der Waals surface area contributed by atoms with Gasteiger partial charge >= 0.3 is 0 Å². The molecular weight excluding hydrogens is 338 g/mol. The third-order valence-corrected chi connectivity index (χ3v) is 4.57. The molecule has 0 bridgehead atoms. The number of nitrogens with one attached hydrogen (secondary N) is 1. The van der Waals surface area contributed by atoms with E-state index < -0.39 is 0 Å². The molecule has 4 aromatic rings. The minimum Gasteiger partial charge on any atom is -0.497 e. The van der Waals surface area contributed by atoms with Crippen LogP contribution in [0.3, 0.4) is 0 Å². The summed E-state index contributed by atoms with van der Waals surface area (Å²) in [5.74, 6) is 1.41. The molecule has 0 fully saturated rings. The Morgan fingerprint density at radius 1 is 0.963 bits per heavy atom. The molecule has 0 saturated heterocycles. The highest BCUT2D eigenvalue weighted by Gasteiger charge is 2.11. The molecule has 0 spiro atoms. The number of methoxy groups -OCH3 is 1. The number of H-pyrrole nitrogens is 1. The van der Waals surface area contributed by atoms with E-state index in [1.54, 1.807) is 7.11 Å². The largest absolute Gasteiger partial charge is 0.497 e. The molecule has 5 heteroatoms. The lowest BCUT2D eigenvalue weighted by atomic mass is 10.1. The summed E-state index contributed by atoms with van der Waals surface area (Å²) in [5.41, 5.74) is 5.20. The summed E-state index contributed by atoms with van der Waals surface area (Å²) in [6, 6.07) is 18.3. The Bertz CT molecular complexity index is 1050. The van der Waals surface area contributed by atoms with Gasteiger partial charge in [0.25, 0.3) is 0 Å². The molecule has 4 rings (SSSR count). The third kappa shape index (κ3) is 3.62. The summed E-state index contributed by atoms with van der Waals surface area (Å²) < 4.78 is 11.2. The molecule has 5 nitrogen and oxygen atoms in total. The van der Waals surface area contributed by atoms with Crippen LogP contribution >= 0.6 is 0 Å². The van der Waals surface area contributed by atoms with Gasteiger partial charge in [-0.15, -0.1) is 0 Å². The fourth-order valence-electron chi connectivity index (χ4n) is 3.05. The molecule has 0 atom stereocenters. The van der Waals surface area contributed by atoms with Crippen molar-refractivity contribution in [2.24, 2.45) is 0 Å². The van der Waals surface area contributed by atoms with Crippen molar-refractivity contribution in [1.82, 2.24) is 15.0 Å². The van der Waals surface area contributed by atoms with E-state index in [1.165, 1.54) is 11.9 Å². The predicted molar refractivity (Wildman–Crippen MR) is 106 cm³/mol. The molecule has 0 radical (unpaired) electrons. The minimum absolute atomic E-state index is 0.475. The normalized spacial score (nSPS) is 10.9. The molecule has 2 aromatic heterocycles. The lowest BCUT2D eigenvalue weighted by Gasteiger charge is -2.07. The Hall–Kier alpha value is -3.34. The van der Waals surface area contributed by atoms with Gasteiger partial charge in [-0.1, -0.05) is 31.2 Å². The van der Waals surface area contributed by atoms with Gasteiger partial charge in [0.2, 0.25) is 5.88 Å². The van der Waals surface area contributed by atoms with Crippen LogP contribution in [0, 0.1) is 0 Å². The van der Waals surface area contributed by atoms with E-state index in [0.717, 1.165) is 40.0 Å². The van der Waals surface area contributed by atoms with E-state index in [1.807, 2.05) is 30.3 Å². The molecule has 0 unspecified atom stereocenters. The summed E-state index contributed by atoms with van der Waals surface area (Å²) >= 11 is 0. The average molecular weight is 359 g/mol. The van der Waals surface area contributed by atoms with Crippen LogP contribution in [0.15, 0.2) is 60.9 Å². The Balaban J connectivity index is 1.60. The van der Waals surface area contributed by atoms with Gasteiger partial charge in [0, 0.05) is 5.69 Å². The molecule has 0 aliphatic rings. The Morgan fingerprint density at radius 2 is 1.78 bits per heavy atom. The zero-order chi connectivity index (χ0) is 18.6. The van der Waals surface area contributed by atoms with E-state index in [4.69, 9.17) is 9.47 Å². The molecule has 2 heterocycles. The van der Waals surface area contributed by atoms with E-state index in [9.17, 15) is 0 Å². The zero-order valence-electron chi connectivity index (χ0n) is 15.4. The highest BCUT2D eigenvalue weighted by molar-refractivity contribution is 5.86. The maximum absolute atomic E-state index is 6.00. The quantitative estimate of drug-likeness (QED) is 0.538. The fraction of sp³-hybridized carbons (Fsp3) is 0.182. The number of benzene rings is 2. The molecule has 2 aromatic carbocycles. The summed E-state index contributed by atoms with van der Waals surface area (Å²) in [6.07, 6.45) is 2.53. The van der Waals surface area contributed by atoms with Crippen LogP contribution in [0.1, 0.15) is 18.1 Å². The van der Waals surface area contributed by atoms with Crippen molar-refractivity contribution < 1.29 is 9.47 Å². The summed E-state index contributed by atoms with van der Waals surface area (Å²) in [4.78, 5) is 12.0. The van der Waals surface area contributed by atoms with Gasteiger partial charge in [0.05, 0.1) is 12.5 Å². The Kier molecular flexibility index (Phi) is 4.75. The first kappa shape index (κ1) is 17.1. The number of hydrogen-bond acceptors (Lipinski definition) is 4. The zero-order valence-corrected chi connectivity index (χ0v) is 15.4. The van der Waals surface area contributed by atoms with E-state index >= 15 is 0 Å². The number of rotatable bonds is 6. The van der Waals surface area contributed by atoms with Crippen molar-refractivity contribution in [3.63, 3.8) is 0 Å². The number of aromatic nitrogens is 3. The molecule has 0 saturated carbocycles. The van der Waals surface area contributed by atoms with E-state index in [0.29, 0.717) is 12.5 Å². The maximum atomic E-state index is 6.00. The van der Waals surface area contributed by atoms with Gasteiger partial charge in [0.15, 0.2) is 0 Å². The highest BCUT2D eigenvalue weighted by Crippen LogP contribution is 2.29. The van der Waals surface area contributed by atoms with Crippen molar-refractivity contribution in [3.05, 3.63) is 72.1 Å². The molecule has 0 aliphatic heterocycles. The molecule has 27 heavy (non-hydrogen) atoms. The van der Waals surface area contributed by atoms with Crippen LogP contribution < -0.4 is 9.47 Å². The molecule has 136 valence electrons. The van der Waals surface area contributed by atoms with Gasteiger partial charge in [-0.3, -0.25) is 0 Å². The van der Waals surface area contributed by atoms with E-state index in [2.05, 4.69) is 46.1 Å². The smallest absolute Gasteiger partial charge is 0.226 e. The van der Waals surface area contributed by atoms with Crippen LogP contribution in [-0.2, 0) is 13.0 Å². The van der Waals surface area contributed by atoms with Crippen molar-refractivity contribution in [3.8, 4) is 22.9 Å². The number of hydrogen-bond donors (Lipinski definition) is 1. The third-order valence-electron chi connectivity index (χ3n) is 4.57. The first-order valence-electron chi connectivity index (χ1n) is 8.95. The first-order chi connectivity index (χ1) is 13.3. The van der Waals surface area contributed by atoms with Crippen molar-refractivity contribution >= 4 is 11.0 Å². The van der Waals surface area contributed by atoms with Crippen LogP contribution in [0.4, 0.5) is 0 Å². The number of aromatic amines is 1. The number of nitrogens with zero attached hydrogens (tertiary/aromatic N) is 2. The topological polar surface area (TPSA) is 60.0 Å². The Labute approximate surface area is 158 Å². The number of fused-ring (bicyclic) bond motifs is 1. The summed E-state index contributed by atoms with van der Waals surface area (Å²) in [5, 5.41) is 0.870. The van der Waals surface area contributed by atoms with Crippen molar-refractivity contribution in [2.75, 3.05) is 7.11 Å². The SMILES string of the molecule is CCc1cccc(COc2ncnc3[nH]c(-c4ccc(OC)cc4)cc23)c1. The van der Waals surface area contributed by atoms with Crippen LogP contribution in [0.5, 0.6) is 11.6 Å². The van der Waals surface area contributed by atoms with Gasteiger partial charge < -0.3 is 14.5 Å². The average Bonchev–Trinajstić information content (AvgIpc) is 3.17. The molecule has 0 aliphatic carbocycles. The second-order valence-corrected chi connectivity index (χ2v) is 6.31. The lowest BCUT2D eigenvalue weighted by molar-refractivity contribution is 0.297. The second kappa shape index (κ2) is 7.50. The maximum Gasteiger partial charge on any atom is 0.226 e. The molecule has 1 N–H and O–H groups in total. The Morgan fingerprint density at radius 3 is 2.56 bits per heavy atom. The second-order valence-electron chi connectivity index (χ2n) is 6.31. The summed E-state index contributed by atoms with van der Waals surface area (Å²) in [7, 11) is 1.66. The van der Waals surface area contributed by atoms with Gasteiger partial charge in [-0.25, -0.2) is 9.97 Å². The summed E-state index contributed by atoms with van der Waals surface area (Å²) in [6.45, 7) is 2.62. The predicted octanol–water partition coefficient (Wildman–Crippen LogP) is 4.77. The molecular formula is C22H21N3O2. The molecule has 0 amide bonds. The van der Waals surface area contributed by atoms with Crippen LogP contribution in [0.2, 0.25) is 0 Å². The lowest BCUT2D eigenvalue weighted by Crippen LogP contribution is -1.98. The van der Waals surface area contributed by atoms with Crippen LogP contribution in [0.25, 0.3) is 22.3 Å².